The van der Waals surface area contributed by atoms with E-state index in [1.807, 2.05) is 31.2 Å². The quantitative estimate of drug-likeness (QED) is 0.367. The molecule has 7 nitrogen and oxygen atoms in total. The Morgan fingerprint density at radius 1 is 1.20 bits per heavy atom. The molecule has 2 aromatic carbocycles. The maximum absolute atomic E-state index is 12.9. The van der Waals surface area contributed by atoms with Crippen LogP contribution in [-0.2, 0) is 11.3 Å². The van der Waals surface area contributed by atoms with Crippen LogP contribution in [0.1, 0.15) is 11.1 Å². The number of nitrogens with one attached hydrogen (secondary N) is 2. The summed E-state index contributed by atoms with van der Waals surface area (Å²) >= 11 is 1.13. The largest absolute Gasteiger partial charge is 0.351 e. The van der Waals surface area contributed by atoms with Crippen LogP contribution < -0.4 is 10.9 Å². The molecular formula is C21H18FN5O2S. The molecule has 0 aliphatic heterocycles. The summed E-state index contributed by atoms with van der Waals surface area (Å²) in [5.41, 5.74) is 2.75. The standard InChI is InChI=1S/C21H18FN5O2S/c1-13-4-2-3-5-17(13)27-19-16(11-24-27)20(29)26-21(25-19)30-12-18(28)23-10-14-6-8-15(22)9-7-14/h2-9,11H,10,12H2,1H3,(H,23,28)(H,25,26,29). The molecule has 0 aliphatic carbocycles. The second-order valence-electron chi connectivity index (χ2n) is 6.64. The maximum Gasteiger partial charge on any atom is 0.262 e. The molecular weight excluding hydrogens is 405 g/mol. The number of carbonyl (C=O) groups is 1. The van der Waals surface area contributed by atoms with Gasteiger partial charge in [0.25, 0.3) is 5.56 Å². The van der Waals surface area contributed by atoms with Gasteiger partial charge in [0, 0.05) is 6.54 Å². The minimum atomic E-state index is -0.323. The summed E-state index contributed by atoms with van der Waals surface area (Å²) in [6.45, 7) is 2.25. The van der Waals surface area contributed by atoms with E-state index in [1.54, 1.807) is 16.8 Å². The number of nitrogens with zero attached hydrogens (tertiary/aromatic N) is 3. The highest BCUT2D eigenvalue weighted by molar-refractivity contribution is 7.99. The average Bonchev–Trinajstić information content (AvgIpc) is 3.16. The van der Waals surface area contributed by atoms with Crippen LogP contribution in [0.4, 0.5) is 4.39 Å². The van der Waals surface area contributed by atoms with Crippen molar-refractivity contribution >= 4 is 28.7 Å². The number of amides is 1. The zero-order chi connectivity index (χ0) is 21.1. The van der Waals surface area contributed by atoms with Crippen LogP contribution in [0.5, 0.6) is 0 Å². The zero-order valence-corrected chi connectivity index (χ0v) is 16.9. The lowest BCUT2D eigenvalue weighted by Gasteiger charge is -2.07. The lowest BCUT2D eigenvalue weighted by atomic mass is 10.2. The van der Waals surface area contributed by atoms with Gasteiger partial charge in [-0.1, -0.05) is 42.1 Å². The van der Waals surface area contributed by atoms with E-state index in [0.717, 1.165) is 28.6 Å². The van der Waals surface area contributed by atoms with Crippen molar-refractivity contribution in [2.75, 3.05) is 5.75 Å². The molecule has 0 atom stereocenters. The summed E-state index contributed by atoms with van der Waals surface area (Å²) in [7, 11) is 0. The topological polar surface area (TPSA) is 92.7 Å². The number of aromatic nitrogens is 4. The Labute approximate surface area is 175 Å². The van der Waals surface area contributed by atoms with Gasteiger partial charge in [-0.25, -0.2) is 14.1 Å². The highest BCUT2D eigenvalue weighted by atomic mass is 32.2. The number of halogens is 1. The van der Waals surface area contributed by atoms with Crippen molar-refractivity contribution in [3.63, 3.8) is 0 Å². The molecule has 0 saturated heterocycles. The Bertz CT molecular complexity index is 1270. The van der Waals surface area contributed by atoms with Crippen LogP contribution in [0.25, 0.3) is 16.7 Å². The molecule has 9 heteroatoms. The van der Waals surface area contributed by atoms with Crippen molar-refractivity contribution in [2.45, 2.75) is 18.6 Å². The predicted octanol–water partition coefficient (Wildman–Crippen LogP) is 2.96. The van der Waals surface area contributed by atoms with Crippen molar-refractivity contribution < 1.29 is 9.18 Å². The van der Waals surface area contributed by atoms with Crippen molar-refractivity contribution in [3.8, 4) is 5.69 Å². The minimum Gasteiger partial charge on any atom is -0.351 e. The number of thioether (sulfide) groups is 1. The molecule has 4 aromatic rings. The van der Waals surface area contributed by atoms with Crippen molar-refractivity contribution in [1.82, 2.24) is 25.1 Å². The minimum absolute atomic E-state index is 0.0775. The molecule has 30 heavy (non-hydrogen) atoms. The monoisotopic (exact) mass is 423 g/mol. The molecule has 0 unspecified atom stereocenters. The highest BCUT2D eigenvalue weighted by Gasteiger charge is 2.14. The van der Waals surface area contributed by atoms with E-state index in [9.17, 15) is 14.0 Å². The van der Waals surface area contributed by atoms with Gasteiger partial charge in [0.1, 0.15) is 11.2 Å². The molecule has 152 valence electrons. The van der Waals surface area contributed by atoms with Crippen molar-refractivity contribution in [1.29, 1.82) is 0 Å². The third kappa shape index (κ3) is 4.25. The Morgan fingerprint density at radius 3 is 2.73 bits per heavy atom. The SMILES string of the molecule is Cc1ccccc1-n1ncc2c(=O)[nH]c(SCC(=O)NCc3ccc(F)cc3)nc21. The van der Waals surface area contributed by atoms with E-state index in [-0.39, 0.29) is 23.0 Å². The van der Waals surface area contributed by atoms with Gasteiger partial charge in [0.2, 0.25) is 5.91 Å². The van der Waals surface area contributed by atoms with Crippen LogP contribution in [0.2, 0.25) is 0 Å². The molecule has 0 bridgehead atoms. The molecule has 2 N–H and O–H groups in total. The number of para-hydroxylation sites is 1. The van der Waals surface area contributed by atoms with E-state index in [1.165, 1.54) is 18.3 Å². The van der Waals surface area contributed by atoms with Gasteiger partial charge in [-0.2, -0.15) is 5.10 Å². The molecule has 0 radical (unpaired) electrons. The average molecular weight is 423 g/mol. The normalized spacial score (nSPS) is 11.0. The number of carbonyl (C=O) groups excluding carboxylic acids is 1. The lowest BCUT2D eigenvalue weighted by Crippen LogP contribution is -2.24. The summed E-state index contributed by atoms with van der Waals surface area (Å²) in [5, 5.41) is 7.78. The van der Waals surface area contributed by atoms with Crippen molar-refractivity contribution in [2.24, 2.45) is 0 Å². The fourth-order valence-electron chi connectivity index (χ4n) is 2.93. The van der Waals surface area contributed by atoms with Gasteiger partial charge >= 0.3 is 0 Å². The molecule has 0 aliphatic rings. The molecule has 1 amide bonds. The van der Waals surface area contributed by atoms with Crippen LogP contribution >= 0.6 is 11.8 Å². The highest BCUT2D eigenvalue weighted by Crippen LogP contribution is 2.19. The van der Waals surface area contributed by atoms with Gasteiger partial charge in [-0.05, 0) is 36.2 Å². The Kier molecular flexibility index (Phi) is 5.62. The lowest BCUT2D eigenvalue weighted by molar-refractivity contribution is -0.118. The summed E-state index contributed by atoms with van der Waals surface area (Å²) < 4.78 is 14.6. The second-order valence-corrected chi connectivity index (χ2v) is 7.61. The number of rotatable bonds is 6. The Balaban J connectivity index is 1.48. The number of H-pyrrole nitrogens is 1. The van der Waals surface area contributed by atoms with Crippen LogP contribution in [0.15, 0.2) is 64.7 Å². The number of hydrogen-bond donors (Lipinski definition) is 2. The summed E-state index contributed by atoms with van der Waals surface area (Å²) in [4.78, 5) is 31.7. The van der Waals surface area contributed by atoms with Gasteiger partial charge in [-0.15, -0.1) is 0 Å². The molecule has 4 rings (SSSR count). The maximum atomic E-state index is 12.9. The van der Waals surface area contributed by atoms with Crippen LogP contribution in [-0.4, -0.2) is 31.4 Å². The van der Waals surface area contributed by atoms with Gasteiger partial charge < -0.3 is 10.3 Å². The third-order valence-electron chi connectivity index (χ3n) is 4.50. The molecule has 0 spiro atoms. The van der Waals surface area contributed by atoms with Gasteiger partial charge in [0.05, 0.1) is 17.6 Å². The van der Waals surface area contributed by atoms with E-state index < -0.39 is 0 Å². The van der Waals surface area contributed by atoms with Crippen LogP contribution in [0.3, 0.4) is 0 Å². The van der Waals surface area contributed by atoms with Gasteiger partial charge in [0.15, 0.2) is 10.8 Å². The Morgan fingerprint density at radius 2 is 1.97 bits per heavy atom. The smallest absolute Gasteiger partial charge is 0.262 e. The van der Waals surface area contributed by atoms with Crippen LogP contribution in [0, 0.1) is 12.7 Å². The fraction of sp³-hybridized carbons (Fsp3) is 0.143. The fourth-order valence-corrected chi connectivity index (χ4v) is 3.62. The first-order valence-corrected chi connectivity index (χ1v) is 10.2. The van der Waals surface area contributed by atoms with Gasteiger partial charge in [-0.3, -0.25) is 9.59 Å². The number of aryl methyl sites for hydroxylation is 1. The van der Waals surface area contributed by atoms with E-state index >= 15 is 0 Å². The molecule has 0 fully saturated rings. The van der Waals surface area contributed by atoms with E-state index in [2.05, 4.69) is 20.4 Å². The summed E-state index contributed by atoms with van der Waals surface area (Å²) in [6, 6.07) is 13.6. The zero-order valence-electron chi connectivity index (χ0n) is 16.1. The third-order valence-corrected chi connectivity index (χ3v) is 5.38. The van der Waals surface area contributed by atoms with Crippen molar-refractivity contribution in [3.05, 3.63) is 82.0 Å². The predicted molar refractivity (Wildman–Crippen MR) is 113 cm³/mol. The summed E-state index contributed by atoms with van der Waals surface area (Å²) in [6.07, 6.45) is 1.48. The first-order valence-electron chi connectivity index (χ1n) is 9.19. The first kappa shape index (κ1) is 19.8. The first-order chi connectivity index (χ1) is 14.5. The number of hydrogen-bond acceptors (Lipinski definition) is 5. The van der Waals surface area contributed by atoms with E-state index in [0.29, 0.717) is 22.7 Å². The second kappa shape index (κ2) is 8.50. The number of aromatic amines is 1. The number of fused-ring (bicyclic) bond motifs is 1. The van der Waals surface area contributed by atoms with E-state index in [4.69, 9.17) is 0 Å². The molecule has 2 aromatic heterocycles. The molecule has 2 heterocycles. The molecule has 0 saturated carbocycles. The summed E-state index contributed by atoms with van der Waals surface area (Å²) in [5.74, 6) is -0.468. The Hall–Kier alpha value is -3.46. The number of benzene rings is 2.